The van der Waals surface area contributed by atoms with Crippen LogP contribution in [-0.2, 0) is 0 Å². The van der Waals surface area contributed by atoms with E-state index in [4.69, 9.17) is 16.3 Å². The van der Waals surface area contributed by atoms with Crippen molar-refractivity contribution in [2.24, 2.45) is 0 Å². The van der Waals surface area contributed by atoms with Gasteiger partial charge in [0.1, 0.15) is 5.75 Å². The number of hydrogen-bond donors (Lipinski definition) is 1. The second-order valence-electron chi connectivity index (χ2n) is 4.69. The molecule has 4 heteroatoms. The van der Waals surface area contributed by atoms with Gasteiger partial charge in [0.05, 0.1) is 18.7 Å². The summed E-state index contributed by atoms with van der Waals surface area (Å²) < 4.78 is 5.22. The van der Waals surface area contributed by atoms with Gasteiger partial charge in [-0.15, -0.1) is 0 Å². The van der Waals surface area contributed by atoms with Crippen LogP contribution in [0.2, 0.25) is 5.02 Å². The quantitative estimate of drug-likeness (QED) is 0.897. The first-order valence-corrected chi connectivity index (χ1v) is 7.22. The zero-order valence-electron chi connectivity index (χ0n) is 12.1. The van der Waals surface area contributed by atoms with Crippen LogP contribution in [0.25, 0.3) is 0 Å². The zero-order chi connectivity index (χ0) is 15.2. The van der Waals surface area contributed by atoms with Crippen molar-refractivity contribution in [1.82, 2.24) is 5.32 Å². The summed E-state index contributed by atoms with van der Waals surface area (Å²) in [6.45, 7) is 2.03. The molecule has 1 amide bonds. The predicted octanol–water partition coefficient (Wildman–Crippen LogP) is 4.23. The molecule has 0 aliphatic heterocycles. The summed E-state index contributed by atoms with van der Waals surface area (Å²) in [6, 6.07) is 14.6. The van der Waals surface area contributed by atoms with Crippen molar-refractivity contribution in [2.75, 3.05) is 7.11 Å². The van der Waals surface area contributed by atoms with E-state index in [0.717, 1.165) is 12.0 Å². The minimum Gasteiger partial charge on any atom is -0.496 e. The minimum atomic E-state index is -0.144. The van der Waals surface area contributed by atoms with Gasteiger partial charge in [0.2, 0.25) is 0 Å². The van der Waals surface area contributed by atoms with Crippen LogP contribution >= 0.6 is 11.6 Å². The standard InChI is InChI=1S/C17H18ClNO2/c1-3-15(12-8-10-13(18)11-9-12)19-17(20)14-6-4-5-7-16(14)21-2/h4-11,15H,3H2,1-2H3,(H,19,20). The second kappa shape index (κ2) is 7.14. The Morgan fingerprint density at radius 2 is 1.86 bits per heavy atom. The maximum Gasteiger partial charge on any atom is 0.255 e. The smallest absolute Gasteiger partial charge is 0.255 e. The SMILES string of the molecule is CCC(NC(=O)c1ccccc1OC)c1ccc(Cl)cc1. The van der Waals surface area contributed by atoms with Gasteiger partial charge in [-0.2, -0.15) is 0 Å². The van der Waals surface area contributed by atoms with Crippen LogP contribution in [0.3, 0.4) is 0 Å². The first-order chi connectivity index (χ1) is 10.2. The number of rotatable bonds is 5. The highest BCUT2D eigenvalue weighted by atomic mass is 35.5. The van der Waals surface area contributed by atoms with E-state index >= 15 is 0 Å². The lowest BCUT2D eigenvalue weighted by Crippen LogP contribution is -2.28. The maximum absolute atomic E-state index is 12.4. The molecular formula is C17H18ClNO2. The van der Waals surface area contributed by atoms with Crippen LogP contribution < -0.4 is 10.1 Å². The van der Waals surface area contributed by atoms with Gasteiger partial charge in [0.25, 0.3) is 5.91 Å². The van der Waals surface area contributed by atoms with Gasteiger partial charge in [0, 0.05) is 5.02 Å². The molecule has 0 bridgehead atoms. The number of benzene rings is 2. The van der Waals surface area contributed by atoms with E-state index in [2.05, 4.69) is 5.32 Å². The van der Waals surface area contributed by atoms with E-state index in [0.29, 0.717) is 16.3 Å². The first-order valence-electron chi connectivity index (χ1n) is 6.85. The highest BCUT2D eigenvalue weighted by Crippen LogP contribution is 2.22. The summed E-state index contributed by atoms with van der Waals surface area (Å²) in [5, 5.41) is 3.72. The first kappa shape index (κ1) is 15.4. The van der Waals surface area contributed by atoms with E-state index in [1.54, 1.807) is 19.2 Å². The van der Waals surface area contributed by atoms with E-state index < -0.39 is 0 Å². The Bertz CT molecular complexity index is 610. The van der Waals surface area contributed by atoms with Crippen LogP contribution in [0.15, 0.2) is 48.5 Å². The Morgan fingerprint density at radius 1 is 1.19 bits per heavy atom. The number of para-hydroxylation sites is 1. The molecule has 0 aromatic heterocycles. The molecule has 0 aliphatic rings. The van der Waals surface area contributed by atoms with Crippen molar-refractivity contribution in [3.63, 3.8) is 0 Å². The summed E-state index contributed by atoms with van der Waals surface area (Å²) in [6.07, 6.45) is 0.794. The Balaban J connectivity index is 2.18. The summed E-state index contributed by atoms with van der Waals surface area (Å²) in [5.41, 5.74) is 1.57. The molecule has 21 heavy (non-hydrogen) atoms. The van der Waals surface area contributed by atoms with Crippen molar-refractivity contribution in [3.8, 4) is 5.75 Å². The number of halogens is 1. The number of nitrogens with one attached hydrogen (secondary N) is 1. The van der Waals surface area contributed by atoms with Gasteiger partial charge in [-0.25, -0.2) is 0 Å². The summed E-state index contributed by atoms with van der Waals surface area (Å²) in [4.78, 5) is 12.4. The molecule has 1 N–H and O–H groups in total. The van der Waals surface area contributed by atoms with Gasteiger partial charge in [0.15, 0.2) is 0 Å². The summed E-state index contributed by atoms with van der Waals surface area (Å²) in [5.74, 6) is 0.426. The van der Waals surface area contributed by atoms with Crippen molar-refractivity contribution in [2.45, 2.75) is 19.4 Å². The van der Waals surface area contributed by atoms with Gasteiger partial charge in [-0.3, -0.25) is 4.79 Å². The third-order valence-electron chi connectivity index (χ3n) is 3.34. The molecule has 110 valence electrons. The fourth-order valence-corrected chi connectivity index (χ4v) is 2.31. The minimum absolute atomic E-state index is 0.0559. The lowest BCUT2D eigenvalue weighted by atomic mass is 10.0. The number of carbonyl (C=O) groups is 1. The van der Waals surface area contributed by atoms with E-state index in [1.165, 1.54) is 0 Å². The van der Waals surface area contributed by atoms with E-state index in [-0.39, 0.29) is 11.9 Å². The number of carbonyl (C=O) groups excluding carboxylic acids is 1. The Hall–Kier alpha value is -2.00. The average molecular weight is 304 g/mol. The fraction of sp³-hybridized carbons (Fsp3) is 0.235. The lowest BCUT2D eigenvalue weighted by Gasteiger charge is -2.18. The molecule has 0 fully saturated rings. The van der Waals surface area contributed by atoms with Crippen molar-refractivity contribution < 1.29 is 9.53 Å². The molecule has 3 nitrogen and oxygen atoms in total. The van der Waals surface area contributed by atoms with E-state index in [1.807, 2.05) is 43.3 Å². The Kier molecular flexibility index (Phi) is 5.23. The topological polar surface area (TPSA) is 38.3 Å². The van der Waals surface area contributed by atoms with Gasteiger partial charge >= 0.3 is 0 Å². The summed E-state index contributed by atoms with van der Waals surface area (Å²) in [7, 11) is 1.56. The van der Waals surface area contributed by atoms with Gasteiger partial charge < -0.3 is 10.1 Å². The van der Waals surface area contributed by atoms with Gasteiger partial charge in [-0.1, -0.05) is 42.8 Å². The maximum atomic E-state index is 12.4. The molecule has 0 saturated carbocycles. The van der Waals surface area contributed by atoms with Crippen LogP contribution in [-0.4, -0.2) is 13.0 Å². The highest BCUT2D eigenvalue weighted by Gasteiger charge is 2.16. The van der Waals surface area contributed by atoms with Crippen LogP contribution in [0.1, 0.15) is 35.3 Å². The molecule has 2 aromatic carbocycles. The number of amides is 1. The van der Waals surface area contributed by atoms with E-state index in [9.17, 15) is 4.79 Å². The Morgan fingerprint density at radius 3 is 2.48 bits per heavy atom. The molecule has 0 aliphatic carbocycles. The predicted molar refractivity (Wildman–Crippen MR) is 84.9 cm³/mol. The Labute approximate surface area is 129 Å². The second-order valence-corrected chi connectivity index (χ2v) is 5.12. The molecule has 0 radical (unpaired) electrons. The average Bonchev–Trinajstić information content (AvgIpc) is 2.53. The highest BCUT2D eigenvalue weighted by molar-refractivity contribution is 6.30. The van der Waals surface area contributed by atoms with Crippen LogP contribution in [0.5, 0.6) is 5.75 Å². The largest absolute Gasteiger partial charge is 0.496 e. The van der Waals surface area contributed by atoms with Crippen molar-refractivity contribution >= 4 is 17.5 Å². The molecule has 1 atom stereocenters. The molecule has 0 saturated heterocycles. The third kappa shape index (κ3) is 3.76. The normalized spacial score (nSPS) is 11.8. The number of methoxy groups -OCH3 is 1. The summed E-state index contributed by atoms with van der Waals surface area (Å²) >= 11 is 5.90. The van der Waals surface area contributed by atoms with Crippen molar-refractivity contribution in [3.05, 3.63) is 64.7 Å². The fourth-order valence-electron chi connectivity index (χ4n) is 2.18. The molecule has 2 rings (SSSR count). The third-order valence-corrected chi connectivity index (χ3v) is 3.59. The van der Waals surface area contributed by atoms with Crippen molar-refractivity contribution in [1.29, 1.82) is 0 Å². The monoisotopic (exact) mass is 303 g/mol. The van der Waals surface area contributed by atoms with Crippen LogP contribution in [0, 0.1) is 0 Å². The number of ether oxygens (including phenoxy) is 1. The molecular weight excluding hydrogens is 286 g/mol. The number of hydrogen-bond acceptors (Lipinski definition) is 2. The van der Waals surface area contributed by atoms with Crippen LogP contribution in [0.4, 0.5) is 0 Å². The lowest BCUT2D eigenvalue weighted by molar-refractivity contribution is 0.0932. The zero-order valence-corrected chi connectivity index (χ0v) is 12.9. The molecule has 0 heterocycles. The molecule has 0 spiro atoms. The molecule has 1 unspecified atom stereocenters. The molecule has 2 aromatic rings. The van der Waals surface area contributed by atoms with Gasteiger partial charge in [-0.05, 0) is 36.2 Å².